The lowest BCUT2D eigenvalue weighted by Crippen LogP contribution is -2.00. The van der Waals surface area contributed by atoms with Crippen molar-refractivity contribution in [2.75, 3.05) is 0 Å². The molecule has 0 spiro atoms. The molecule has 100 valence electrons. The Hall–Kier alpha value is -1.85. The highest BCUT2D eigenvalue weighted by molar-refractivity contribution is 7.98. The summed E-state index contributed by atoms with van der Waals surface area (Å²) < 4.78 is 1.25. The number of aromatic carboxylic acids is 1. The van der Waals surface area contributed by atoms with E-state index < -0.39 is 5.97 Å². The van der Waals surface area contributed by atoms with E-state index >= 15 is 0 Å². The van der Waals surface area contributed by atoms with Crippen molar-refractivity contribution in [1.29, 1.82) is 0 Å². The van der Waals surface area contributed by atoms with Crippen molar-refractivity contribution in [3.63, 3.8) is 0 Å². The lowest BCUT2D eigenvalue weighted by molar-refractivity contribution is 0.0692. The van der Waals surface area contributed by atoms with E-state index in [1.165, 1.54) is 27.4 Å². The van der Waals surface area contributed by atoms with Gasteiger partial charge < -0.3 is 5.11 Å². The van der Waals surface area contributed by atoms with Crippen molar-refractivity contribution >= 4 is 39.2 Å². The van der Waals surface area contributed by atoms with Crippen LogP contribution in [0.15, 0.2) is 53.0 Å². The van der Waals surface area contributed by atoms with E-state index in [0.717, 1.165) is 5.75 Å². The van der Waals surface area contributed by atoms with Gasteiger partial charge in [-0.15, -0.1) is 23.1 Å². The summed E-state index contributed by atoms with van der Waals surface area (Å²) in [7, 11) is 0. The van der Waals surface area contributed by atoms with Gasteiger partial charge in [-0.25, -0.2) is 9.78 Å². The number of pyridine rings is 1. The number of rotatable bonds is 4. The lowest BCUT2D eigenvalue weighted by Gasteiger charge is -2.03. The Morgan fingerprint density at radius 1 is 1.25 bits per heavy atom. The molecule has 0 unspecified atom stereocenters. The summed E-state index contributed by atoms with van der Waals surface area (Å²) in [4.78, 5) is 15.3. The monoisotopic (exact) mass is 301 g/mol. The summed E-state index contributed by atoms with van der Waals surface area (Å²) in [6.45, 7) is 0. The molecule has 20 heavy (non-hydrogen) atoms. The normalized spacial score (nSPS) is 10.8. The maximum atomic E-state index is 11.1. The number of fused-ring (bicyclic) bond motifs is 1. The van der Waals surface area contributed by atoms with Gasteiger partial charge in [-0.2, -0.15) is 0 Å². The zero-order chi connectivity index (χ0) is 13.9. The van der Waals surface area contributed by atoms with Crippen molar-refractivity contribution < 1.29 is 9.90 Å². The zero-order valence-corrected chi connectivity index (χ0v) is 12.1. The largest absolute Gasteiger partial charge is 0.478 e. The molecule has 0 amide bonds. The third-order valence-corrected chi connectivity index (χ3v) is 4.99. The van der Waals surface area contributed by atoms with Crippen LogP contribution in [-0.2, 0) is 5.75 Å². The maximum absolute atomic E-state index is 11.1. The van der Waals surface area contributed by atoms with E-state index in [9.17, 15) is 4.79 Å². The Balaban J connectivity index is 1.85. The SMILES string of the molecule is O=C(O)c1cccnc1SCc1csc2ccccc12. The van der Waals surface area contributed by atoms with Gasteiger partial charge in [-0.05, 0) is 34.5 Å². The molecule has 0 radical (unpaired) electrons. The maximum Gasteiger partial charge on any atom is 0.338 e. The molecule has 0 atom stereocenters. The van der Waals surface area contributed by atoms with E-state index in [1.807, 2.05) is 12.1 Å². The van der Waals surface area contributed by atoms with Crippen molar-refractivity contribution in [3.8, 4) is 0 Å². The number of carbonyl (C=O) groups is 1. The van der Waals surface area contributed by atoms with Crippen LogP contribution in [-0.4, -0.2) is 16.1 Å². The average Bonchev–Trinajstić information content (AvgIpc) is 2.88. The van der Waals surface area contributed by atoms with Crippen LogP contribution >= 0.6 is 23.1 Å². The van der Waals surface area contributed by atoms with Crippen LogP contribution in [0, 0.1) is 0 Å². The molecule has 0 saturated carbocycles. The van der Waals surface area contributed by atoms with E-state index in [4.69, 9.17) is 5.11 Å². The number of carboxylic acid groups (broad SMARTS) is 1. The number of hydrogen-bond acceptors (Lipinski definition) is 4. The van der Waals surface area contributed by atoms with Gasteiger partial charge >= 0.3 is 5.97 Å². The van der Waals surface area contributed by atoms with Crippen LogP contribution in [0.25, 0.3) is 10.1 Å². The number of hydrogen-bond donors (Lipinski definition) is 1. The topological polar surface area (TPSA) is 50.2 Å². The van der Waals surface area contributed by atoms with Gasteiger partial charge in [0.2, 0.25) is 0 Å². The molecule has 3 rings (SSSR count). The molecule has 0 aliphatic heterocycles. The number of aromatic nitrogens is 1. The van der Waals surface area contributed by atoms with Gasteiger partial charge in [0.25, 0.3) is 0 Å². The van der Waals surface area contributed by atoms with Crippen LogP contribution in [0.4, 0.5) is 0 Å². The van der Waals surface area contributed by atoms with Gasteiger partial charge in [0.15, 0.2) is 0 Å². The molecule has 2 aromatic heterocycles. The number of nitrogens with zero attached hydrogens (tertiary/aromatic N) is 1. The highest BCUT2D eigenvalue weighted by atomic mass is 32.2. The first kappa shape index (κ1) is 13.1. The van der Waals surface area contributed by atoms with E-state index in [0.29, 0.717) is 5.03 Å². The Kier molecular flexibility index (Phi) is 3.71. The first-order valence-electron chi connectivity index (χ1n) is 6.02. The second kappa shape index (κ2) is 5.64. The molecule has 0 fully saturated rings. The molecule has 1 aromatic carbocycles. The van der Waals surface area contributed by atoms with Crippen LogP contribution in [0.5, 0.6) is 0 Å². The van der Waals surface area contributed by atoms with Crippen molar-refractivity contribution in [2.24, 2.45) is 0 Å². The Bertz CT molecular complexity index is 767. The molecule has 1 N–H and O–H groups in total. The predicted octanol–water partition coefficient (Wildman–Crippen LogP) is 4.29. The molecule has 2 heterocycles. The quantitative estimate of drug-likeness (QED) is 0.730. The number of thiophene rings is 1. The second-order valence-electron chi connectivity index (χ2n) is 4.21. The average molecular weight is 301 g/mol. The molecule has 3 aromatic rings. The Labute approximate surface area is 124 Å². The highest BCUT2D eigenvalue weighted by Crippen LogP contribution is 2.31. The van der Waals surface area contributed by atoms with Gasteiger partial charge in [-0.1, -0.05) is 18.2 Å². The summed E-state index contributed by atoms with van der Waals surface area (Å²) >= 11 is 3.17. The van der Waals surface area contributed by atoms with E-state index in [1.54, 1.807) is 29.7 Å². The van der Waals surface area contributed by atoms with Gasteiger partial charge in [0.1, 0.15) is 5.03 Å². The molecule has 3 nitrogen and oxygen atoms in total. The lowest BCUT2D eigenvalue weighted by atomic mass is 10.2. The van der Waals surface area contributed by atoms with Crippen LogP contribution in [0.2, 0.25) is 0 Å². The summed E-state index contributed by atoms with van der Waals surface area (Å²) in [5, 5.41) is 13.1. The van der Waals surface area contributed by atoms with Crippen LogP contribution in [0.3, 0.4) is 0 Å². The zero-order valence-electron chi connectivity index (χ0n) is 10.4. The molecule has 0 saturated heterocycles. The van der Waals surface area contributed by atoms with E-state index in [2.05, 4.69) is 22.5 Å². The molecule has 0 aliphatic carbocycles. The van der Waals surface area contributed by atoms with Crippen LogP contribution < -0.4 is 0 Å². The third kappa shape index (κ3) is 2.55. The molecule has 0 aliphatic rings. The van der Waals surface area contributed by atoms with Gasteiger partial charge in [0, 0.05) is 16.6 Å². The third-order valence-electron chi connectivity index (χ3n) is 2.93. The summed E-state index contributed by atoms with van der Waals surface area (Å²) in [6, 6.07) is 11.5. The summed E-state index contributed by atoms with van der Waals surface area (Å²) in [5.74, 6) is -0.211. The molecular formula is C15H11NO2S2. The van der Waals surface area contributed by atoms with Crippen molar-refractivity contribution in [3.05, 3.63) is 59.1 Å². The fourth-order valence-corrected chi connectivity index (χ4v) is 4.00. The fourth-order valence-electron chi connectivity index (χ4n) is 1.96. The molecule has 0 bridgehead atoms. The number of thioether (sulfide) groups is 1. The Morgan fingerprint density at radius 2 is 2.10 bits per heavy atom. The minimum Gasteiger partial charge on any atom is -0.478 e. The van der Waals surface area contributed by atoms with Crippen molar-refractivity contribution in [1.82, 2.24) is 4.98 Å². The van der Waals surface area contributed by atoms with E-state index in [-0.39, 0.29) is 5.56 Å². The summed E-state index contributed by atoms with van der Waals surface area (Å²) in [5.41, 5.74) is 1.48. The smallest absolute Gasteiger partial charge is 0.338 e. The minimum atomic E-state index is -0.934. The first-order chi connectivity index (χ1) is 9.75. The molecular weight excluding hydrogens is 290 g/mol. The van der Waals surface area contributed by atoms with Crippen LogP contribution in [0.1, 0.15) is 15.9 Å². The molecule has 5 heteroatoms. The standard InChI is InChI=1S/C15H11NO2S2/c17-15(18)12-5-3-7-16-14(12)20-9-10-8-19-13-6-2-1-4-11(10)13/h1-8H,9H2,(H,17,18). The Morgan fingerprint density at radius 3 is 2.95 bits per heavy atom. The highest BCUT2D eigenvalue weighted by Gasteiger charge is 2.12. The van der Waals surface area contributed by atoms with Gasteiger partial charge in [0.05, 0.1) is 5.56 Å². The second-order valence-corrected chi connectivity index (χ2v) is 6.08. The predicted molar refractivity (Wildman–Crippen MR) is 82.6 cm³/mol. The van der Waals surface area contributed by atoms with Crippen molar-refractivity contribution in [2.45, 2.75) is 10.8 Å². The first-order valence-corrected chi connectivity index (χ1v) is 7.88. The fraction of sp³-hybridized carbons (Fsp3) is 0.0667. The number of benzene rings is 1. The minimum absolute atomic E-state index is 0.261. The number of carboxylic acids is 1. The summed E-state index contributed by atoms with van der Waals surface area (Å²) in [6.07, 6.45) is 1.63. The van der Waals surface area contributed by atoms with Gasteiger partial charge in [-0.3, -0.25) is 0 Å².